The summed E-state index contributed by atoms with van der Waals surface area (Å²) in [5.41, 5.74) is 5.11. The van der Waals surface area contributed by atoms with Crippen LogP contribution >= 0.6 is 11.3 Å². The molecule has 1 N–H and O–H groups in total. The Bertz CT molecular complexity index is 1450. The van der Waals surface area contributed by atoms with E-state index < -0.39 is 5.97 Å². The first-order chi connectivity index (χ1) is 16.6. The van der Waals surface area contributed by atoms with Gasteiger partial charge < -0.3 is 14.3 Å². The molecule has 5 rings (SSSR count). The molecule has 2 aromatic heterocycles. The van der Waals surface area contributed by atoms with Gasteiger partial charge in [-0.2, -0.15) is 0 Å². The average molecular weight is 471 g/mol. The lowest BCUT2D eigenvalue weighted by Gasteiger charge is -2.11. The minimum Gasteiger partial charge on any atom is -0.493 e. The number of furan rings is 1. The van der Waals surface area contributed by atoms with Gasteiger partial charge >= 0.3 is 5.97 Å². The van der Waals surface area contributed by atoms with E-state index in [2.05, 4.69) is 37.3 Å². The van der Waals surface area contributed by atoms with Crippen molar-refractivity contribution in [3.05, 3.63) is 89.0 Å². The van der Waals surface area contributed by atoms with Gasteiger partial charge in [-0.05, 0) is 53.3 Å². The van der Waals surface area contributed by atoms with Crippen LogP contribution in [0.5, 0.6) is 5.75 Å². The van der Waals surface area contributed by atoms with E-state index in [1.165, 1.54) is 9.58 Å². The summed E-state index contributed by atoms with van der Waals surface area (Å²) in [6, 6.07) is 22.5. The van der Waals surface area contributed by atoms with Crippen LogP contribution in [-0.4, -0.2) is 17.7 Å². The fraction of sp³-hybridized carbons (Fsp3) is 0.207. The first-order valence-corrected chi connectivity index (χ1v) is 12.4. The van der Waals surface area contributed by atoms with E-state index in [0.29, 0.717) is 6.61 Å². The summed E-state index contributed by atoms with van der Waals surface area (Å²) >= 11 is 1.73. The van der Waals surface area contributed by atoms with Crippen molar-refractivity contribution in [3.63, 3.8) is 0 Å². The van der Waals surface area contributed by atoms with Crippen LogP contribution in [0.3, 0.4) is 0 Å². The first kappa shape index (κ1) is 22.2. The molecule has 0 saturated carbocycles. The van der Waals surface area contributed by atoms with Gasteiger partial charge in [-0.15, -0.1) is 11.3 Å². The Balaban J connectivity index is 1.34. The second-order valence-electron chi connectivity index (χ2n) is 8.44. The molecular formula is C29H26O4S. The van der Waals surface area contributed by atoms with Crippen LogP contribution in [0, 0.1) is 0 Å². The fourth-order valence-corrected chi connectivity index (χ4v) is 5.44. The highest BCUT2D eigenvalue weighted by molar-refractivity contribution is 7.19. The van der Waals surface area contributed by atoms with Gasteiger partial charge in [-0.3, -0.25) is 4.79 Å². The maximum atomic E-state index is 11.0. The van der Waals surface area contributed by atoms with Gasteiger partial charge in [0.15, 0.2) is 0 Å². The highest BCUT2D eigenvalue weighted by Gasteiger charge is 2.16. The van der Waals surface area contributed by atoms with Gasteiger partial charge in [0.1, 0.15) is 11.3 Å². The van der Waals surface area contributed by atoms with Crippen molar-refractivity contribution in [3.8, 4) is 16.9 Å². The molecule has 0 amide bonds. The predicted molar refractivity (Wildman–Crippen MR) is 138 cm³/mol. The molecule has 0 spiro atoms. The lowest BCUT2D eigenvalue weighted by Crippen LogP contribution is -2.03. The maximum Gasteiger partial charge on any atom is 0.307 e. The van der Waals surface area contributed by atoms with Gasteiger partial charge in [0.25, 0.3) is 0 Å². The standard InChI is InChI=1S/C29H26O4S/c1-2-6-24-26(11-10-23-25(18-33-29(23)24)20-7-4-3-5-8-20)32-14-13-22-17-21-15-19(16-28(30)31)9-12-27(21)34-22/h3-5,7-12,15,17-18H,2,6,13-14,16H2,1H3,(H,30,31). The summed E-state index contributed by atoms with van der Waals surface area (Å²) in [6.45, 7) is 2.74. The van der Waals surface area contributed by atoms with Crippen LogP contribution in [0.15, 0.2) is 77.4 Å². The van der Waals surface area contributed by atoms with E-state index in [9.17, 15) is 4.79 Å². The Labute approximate surface area is 202 Å². The number of carboxylic acid groups (broad SMARTS) is 1. The lowest BCUT2D eigenvalue weighted by molar-refractivity contribution is -0.136. The van der Waals surface area contributed by atoms with E-state index in [1.807, 2.05) is 42.7 Å². The van der Waals surface area contributed by atoms with Gasteiger partial charge in [0.2, 0.25) is 0 Å². The molecule has 0 aliphatic carbocycles. The third kappa shape index (κ3) is 4.57. The first-order valence-electron chi connectivity index (χ1n) is 11.6. The lowest BCUT2D eigenvalue weighted by atomic mass is 10.0. The average Bonchev–Trinajstić information content (AvgIpc) is 3.44. The number of fused-ring (bicyclic) bond motifs is 2. The predicted octanol–water partition coefficient (Wildman–Crippen LogP) is 7.52. The Morgan fingerprint density at radius 2 is 1.88 bits per heavy atom. The summed E-state index contributed by atoms with van der Waals surface area (Å²) in [5.74, 6) is 0.0728. The molecule has 5 aromatic rings. The van der Waals surface area contributed by atoms with Crippen LogP contribution in [0.4, 0.5) is 0 Å². The number of aryl methyl sites for hydroxylation is 1. The second kappa shape index (κ2) is 9.74. The summed E-state index contributed by atoms with van der Waals surface area (Å²) in [4.78, 5) is 12.2. The largest absolute Gasteiger partial charge is 0.493 e. The van der Waals surface area contributed by atoms with Crippen LogP contribution in [0.1, 0.15) is 29.3 Å². The van der Waals surface area contributed by atoms with E-state index in [4.69, 9.17) is 14.3 Å². The molecule has 3 aromatic carbocycles. The van der Waals surface area contributed by atoms with Crippen molar-refractivity contribution in [2.24, 2.45) is 0 Å². The summed E-state index contributed by atoms with van der Waals surface area (Å²) in [6.07, 6.45) is 4.59. The number of hydrogen-bond donors (Lipinski definition) is 1. The number of aliphatic carboxylic acids is 1. The van der Waals surface area contributed by atoms with Crippen molar-refractivity contribution in [1.29, 1.82) is 0 Å². The molecule has 0 aliphatic heterocycles. The van der Waals surface area contributed by atoms with Crippen LogP contribution < -0.4 is 4.74 Å². The topological polar surface area (TPSA) is 59.7 Å². The van der Waals surface area contributed by atoms with Gasteiger partial charge in [0.05, 0.1) is 19.3 Å². The SMILES string of the molecule is CCCc1c(OCCc2cc3cc(CC(=O)O)ccc3s2)ccc2c(-c3ccccc3)coc12. The van der Waals surface area contributed by atoms with E-state index in [0.717, 1.165) is 63.6 Å². The van der Waals surface area contributed by atoms with Crippen molar-refractivity contribution in [2.75, 3.05) is 6.61 Å². The molecule has 5 heteroatoms. The number of rotatable bonds is 9. The van der Waals surface area contributed by atoms with Gasteiger partial charge in [0, 0.05) is 32.5 Å². The van der Waals surface area contributed by atoms with Crippen molar-refractivity contribution >= 4 is 38.4 Å². The quantitative estimate of drug-likeness (QED) is 0.242. The van der Waals surface area contributed by atoms with Crippen LogP contribution in [0.2, 0.25) is 0 Å². The number of carboxylic acids is 1. The molecule has 0 saturated heterocycles. The maximum absolute atomic E-state index is 11.0. The Kier molecular flexibility index (Phi) is 6.37. The number of hydrogen-bond acceptors (Lipinski definition) is 4. The van der Waals surface area contributed by atoms with Crippen molar-refractivity contribution in [1.82, 2.24) is 0 Å². The molecule has 0 atom stereocenters. The molecule has 0 unspecified atom stereocenters. The highest BCUT2D eigenvalue weighted by atomic mass is 32.1. The Morgan fingerprint density at radius 1 is 1.03 bits per heavy atom. The third-order valence-corrected chi connectivity index (χ3v) is 7.16. The molecular weight excluding hydrogens is 444 g/mol. The minimum atomic E-state index is -0.810. The monoisotopic (exact) mass is 470 g/mol. The molecule has 0 aliphatic rings. The zero-order valence-electron chi connectivity index (χ0n) is 19.0. The van der Waals surface area contributed by atoms with Crippen molar-refractivity contribution in [2.45, 2.75) is 32.6 Å². The zero-order chi connectivity index (χ0) is 23.5. The van der Waals surface area contributed by atoms with E-state index in [-0.39, 0.29) is 6.42 Å². The van der Waals surface area contributed by atoms with Crippen LogP contribution in [-0.2, 0) is 24.1 Å². The van der Waals surface area contributed by atoms with Crippen molar-refractivity contribution < 1.29 is 19.1 Å². The summed E-state index contributed by atoms with van der Waals surface area (Å²) in [5, 5.41) is 11.2. The number of thiophene rings is 1. The minimum absolute atomic E-state index is 0.0473. The highest BCUT2D eigenvalue weighted by Crippen LogP contribution is 2.37. The second-order valence-corrected chi connectivity index (χ2v) is 9.61. The Morgan fingerprint density at radius 3 is 2.68 bits per heavy atom. The van der Waals surface area contributed by atoms with Gasteiger partial charge in [-0.1, -0.05) is 49.7 Å². The smallest absolute Gasteiger partial charge is 0.307 e. The molecule has 2 heterocycles. The van der Waals surface area contributed by atoms with Gasteiger partial charge in [-0.25, -0.2) is 0 Å². The van der Waals surface area contributed by atoms with E-state index >= 15 is 0 Å². The normalized spacial score (nSPS) is 11.3. The summed E-state index contributed by atoms with van der Waals surface area (Å²) < 4.78 is 13.5. The molecule has 4 nitrogen and oxygen atoms in total. The van der Waals surface area contributed by atoms with Crippen LogP contribution in [0.25, 0.3) is 32.2 Å². The molecule has 0 fully saturated rings. The Hall–Kier alpha value is -3.57. The number of carbonyl (C=O) groups is 1. The number of ether oxygens (including phenoxy) is 1. The fourth-order valence-electron chi connectivity index (χ4n) is 4.42. The number of benzene rings is 3. The zero-order valence-corrected chi connectivity index (χ0v) is 19.9. The molecule has 34 heavy (non-hydrogen) atoms. The molecule has 0 radical (unpaired) electrons. The van der Waals surface area contributed by atoms with E-state index in [1.54, 1.807) is 11.3 Å². The molecule has 172 valence electrons. The molecule has 0 bridgehead atoms. The third-order valence-electron chi connectivity index (χ3n) is 5.98. The summed E-state index contributed by atoms with van der Waals surface area (Å²) in [7, 11) is 0.